The number of rotatable bonds is 6. The molecule has 2 unspecified atom stereocenters. The fraction of sp³-hybridized carbons (Fsp3) is 0.938. The molecule has 2 fully saturated rings. The Labute approximate surface area is 140 Å². The van der Waals surface area contributed by atoms with E-state index in [1.807, 2.05) is 13.8 Å². The Morgan fingerprint density at radius 3 is 2.27 bits per heavy atom. The predicted octanol–water partition coefficient (Wildman–Crippen LogP) is 2.51. The average Bonchev–Trinajstić information content (AvgIpc) is 2.72. The van der Waals surface area contributed by atoms with Gasteiger partial charge >= 0.3 is 0 Å². The lowest BCUT2D eigenvalue weighted by Gasteiger charge is -2.37. The van der Waals surface area contributed by atoms with Gasteiger partial charge in [-0.25, -0.2) is 8.42 Å². The van der Waals surface area contributed by atoms with Crippen molar-refractivity contribution in [3.05, 3.63) is 0 Å². The SMILES string of the molecule is CC1(C)C2CCC1(CS(=O)(=O)[O-])C(=O)C2.CCCCCC[SH2+]. The van der Waals surface area contributed by atoms with Gasteiger partial charge in [0.05, 0.1) is 15.9 Å². The Morgan fingerprint density at radius 1 is 1.27 bits per heavy atom. The second kappa shape index (κ2) is 7.67. The van der Waals surface area contributed by atoms with Crippen LogP contribution < -0.4 is 0 Å². The molecule has 0 saturated heterocycles. The Kier molecular flexibility index (Phi) is 6.96. The lowest BCUT2D eigenvalue weighted by molar-refractivity contribution is -0.128. The fourth-order valence-corrected chi connectivity index (χ4v) is 5.49. The molecule has 0 aromatic carbocycles. The Morgan fingerprint density at radius 2 is 1.91 bits per heavy atom. The molecular formula is C16H30O4S2. The summed E-state index contributed by atoms with van der Waals surface area (Å²) in [6.45, 7) is 6.06. The second-order valence-corrected chi connectivity index (χ2v) is 9.08. The van der Waals surface area contributed by atoms with E-state index in [1.54, 1.807) is 0 Å². The van der Waals surface area contributed by atoms with Crippen LogP contribution in [0.3, 0.4) is 0 Å². The van der Waals surface area contributed by atoms with Crippen molar-refractivity contribution >= 4 is 28.5 Å². The summed E-state index contributed by atoms with van der Waals surface area (Å²) in [4.78, 5) is 11.8. The van der Waals surface area contributed by atoms with Crippen LogP contribution in [0.15, 0.2) is 0 Å². The summed E-state index contributed by atoms with van der Waals surface area (Å²) in [5.41, 5.74) is -1.22. The van der Waals surface area contributed by atoms with Crippen molar-refractivity contribution in [2.75, 3.05) is 11.5 Å². The number of hydrogen-bond acceptors (Lipinski definition) is 4. The van der Waals surface area contributed by atoms with Crippen LogP contribution in [0.1, 0.15) is 65.7 Å². The van der Waals surface area contributed by atoms with Gasteiger partial charge in [-0.2, -0.15) is 0 Å². The number of unbranched alkanes of at least 4 members (excludes halogenated alkanes) is 3. The van der Waals surface area contributed by atoms with E-state index in [2.05, 4.69) is 19.6 Å². The first-order chi connectivity index (χ1) is 10.1. The van der Waals surface area contributed by atoms with E-state index < -0.39 is 21.3 Å². The summed E-state index contributed by atoms with van der Waals surface area (Å²) in [5, 5.41) is 0. The molecule has 0 radical (unpaired) electrons. The van der Waals surface area contributed by atoms with Gasteiger partial charge in [-0.1, -0.05) is 33.6 Å². The molecule has 0 aliphatic heterocycles. The van der Waals surface area contributed by atoms with Crippen LogP contribution in [0.4, 0.5) is 0 Å². The van der Waals surface area contributed by atoms with Gasteiger partial charge in [-0.15, -0.1) is 0 Å². The highest BCUT2D eigenvalue weighted by Crippen LogP contribution is 2.64. The third-order valence-electron chi connectivity index (χ3n) is 5.59. The van der Waals surface area contributed by atoms with Gasteiger partial charge in [-0.05, 0) is 49.6 Å². The molecule has 2 bridgehead atoms. The molecule has 0 aromatic rings. The quantitative estimate of drug-likeness (QED) is 0.419. The van der Waals surface area contributed by atoms with Crippen molar-refractivity contribution in [3.8, 4) is 0 Å². The molecule has 130 valence electrons. The minimum atomic E-state index is -4.33. The van der Waals surface area contributed by atoms with Crippen molar-refractivity contribution in [1.82, 2.24) is 0 Å². The highest BCUT2D eigenvalue weighted by molar-refractivity contribution is 7.85. The summed E-state index contributed by atoms with van der Waals surface area (Å²) >= 11 is 3.42. The number of ketones is 1. The third kappa shape index (κ3) is 4.26. The second-order valence-electron chi connectivity index (χ2n) is 7.18. The number of carbonyl (C=O) groups excluding carboxylic acids is 1. The van der Waals surface area contributed by atoms with Crippen LogP contribution in [-0.4, -0.2) is 30.3 Å². The molecular weight excluding hydrogens is 320 g/mol. The fourth-order valence-electron chi connectivity index (χ4n) is 3.96. The zero-order chi connectivity index (χ0) is 17.0. The van der Waals surface area contributed by atoms with Crippen LogP contribution in [0.5, 0.6) is 0 Å². The molecule has 6 heteroatoms. The predicted molar refractivity (Wildman–Crippen MR) is 92.3 cm³/mol. The maximum Gasteiger partial charge on any atom is 0.140 e. The molecule has 22 heavy (non-hydrogen) atoms. The lowest BCUT2D eigenvalue weighted by Crippen LogP contribution is -2.42. The Hall–Kier alpha value is -0.0700. The molecule has 2 aliphatic rings. The van der Waals surface area contributed by atoms with E-state index >= 15 is 0 Å². The van der Waals surface area contributed by atoms with Crippen LogP contribution in [0, 0.1) is 16.7 Å². The molecule has 2 aliphatic carbocycles. The first-order valence-electron chi connectivity index (χ1n) is 8.22. The van der Waals surface area contributed by atoms with E-state index in [9.17, 15) is 17.8 Å². The van der Waals surface area contributed by atoms with Crippen molar-refractivity contribution in [1.29, 1.82) is 0 Å². The van der Waals surface area contributed by atoms with Gasteiger partial charge < -0.3 is 4.55 Å². The standard InChI is InChI=1S/C10H16O4S.C6H14S/c1-9(2)7-3-4-10(9,8(11)5-7)6-15(12,13)14;1-2-3-4-5-6-7/h7H,3-6H2,1-2H3,(H,12,13,14);7H,2-6H2,1H3. The normalized spacial score (nSPS) is 29.3. The van der Waals surface area contributed by atoms with Crippen LogP contribution in [-0.2, 0) is 27.5 Å². The van der Waals surface area contributed by atoms with Crippen LogP contribution in [0.2, 0.25) is 0 Å². The molecule has 0 heterocycles. The van der Waals surface area contributed by atoms with Crippen molar-refractivity contribution in [2.45, 2.75) is 65.7 Å². The monoisotopic (exact) mass is 350 g/mol. The topological polar surface area (TPSA) is 74.3 Å². The molecule has 2 saturated carbocycles. The maximum absolute atomic E-state index is 11.8. The number of fused-ring (bicyclic) bond motifs is 2. The van der Waals surface area contributed by atoms with Gasteiger partial charge in [0.25, 0.3) is 0 Å². The van der Waals surface area contributed by atoms with Gasteiger partial charge in [0, 0.05) is 11.8 Å². The molecule has 0 aromatic heterocycles. The summed E-state index contributed by atoms with van der Waals surface area (Å²) < 4.78 is 32.7. The van der Waals surface area contributed by atoms with Crippen LogP contribution in [0.25, 0.3) is 0 Å². The highest BCUT2D eigenvalue weighted by atomic mass is 32.2. The molecule has 0 spiro atoms. The molecule has 2 atom stereocenters. The first kappa shape index (κ1) is 20.0. The van der Waals surface area contributed by atoms with Crippen molar-refractivity contribution in [2.24, 2.45) is 16.7 Å². The van der Waals surface area contributed by atoms with Gasteiger partial charge in [0.2, 0.25) is 0 Å². The van der Waals surface area contributed by atoms with E-state index in [0.29, 0.717) is 12.8 Å². The summed E-state index contributed by atoms with van der Waals surface area (Å²) in [6, 6.07) is 0. The van der Waals surface area contributed by atoms with Crippen molar-refractivity contribution < 1.29 is 17.8 Å². The minimum absolute atomic E-state index is 0.0248. The lowest BCUT2D eigenvalue weighted by atomic mass is 9.70. The van der Waals surface area contributed by atoms with E-state index in [4.69, 9.17) is 0 Å². The summed E-state index contributed by atoms with van der Waals surface area (Å²) in [7, 11) is -4.33. The molecule has 2 rings (SSSR count). The number of hydrogen-bond donors (Lipinski definition) is 0. The maximum atomic E-state index is 11.8. The van der Waals surface area contributed by atoms with Crippen LogP contribution >= 0.6 is 0 Å². The summed E-state index contributed by atoms with van der Waals surface area (Å²) in [5.74, 6) is 0.887. The van der Waals surface area contributed by atoms with Gasteiger partial charge in [0.1, 0.15) is 11.5 Å². The molecule has 4 nitrogen and oxygen atoms in total. The Bertz CT molecular complexity index is 480. The van der Waals surface area contributed by atoms with Gasteiger partial charge in [0.15, 0.2) is 0 Å². The zero-order valence-electron chi connectivity index (χ0n) is 14.0. The average molecular weight is 351 g/mol. The smallest absolute Gasteiger partial charge is 0.140 e. The molecule has 0 amide bonds. The first-order valence-corrected chi connectivity index (χ1v) is 10.5. The summed E-state index contributed by atoms with van der Waals surface area (Å²) in [6.07, 6.45) is 7.34. The van der Waals surface area contributed by atoms with E-state index in [-0.39, 0.29) is 17.1 Å². The highest BCUT2D eigenvalue weighted by Gasteiger charge is 2.64. The van der Waals surface area contributed by atoms with Crippen molar-refractivity contribution in [3.63, 3.8) is 0 Å². The minimum Gasteiger partial charge on any atom is -0.748 e. The largest absolute Gasteiger partial charge is 0.748 e. The van der Waals surface area contributed by atoms with Gasteiger partial charge in [-0.3, -0.25) is 4.79 Å². The van der Waals surface area contributed by atoms with E-state index in [0.717, 1.165) is 6.42 Å². The zero-order valence-corrected chi connectivity index (χ0v) is 15.8. The van der Waals surface area contributed by atoms with E-state index in [1.165, 1.54) is 31.4 Å². The number of carbonyl (C=O) groups is 1. The third-order valence-corrected chi connectivity index (χ3v) is 6.79. The Balaban J connectivity index is 0.000000295. The molecule has 0 N–H and O–H groups in total. The number of Topliss-reactive ketones (excluding diaryl/α,β-unsaturated/α-hetero) is 1.